The summed E-state index contributed by atoms with van der Waals surface area (Å²) in [6.07, 6.45) is 8.43. The molecular formula is C28H41N3O4S. The Bertz CT molecular complexity index is 956. The van der Waals surface area contributed by atoms with Crippen LogP contribution < -0.4 is 10.2 Å². The number of carbonyl (C=O) groups is 2. The molecule has 2 heterocycles. The Kier molecular flexibility index (Phi) is 7.55. The molecule has 1 aromatic heterocycles. The lowest BCUT2D eigenvalue weighted by atomic mass is 9.52. The van der Waals surface area contributed by atoms with Crippen LogP contribution in [-0.2, 0) is 4.79 Å². The van der Waals surface area contributed by atoms with Crippen LogP contribution in [0.5, 0.6) is 0 Å². The number of thioether (sulfide) groups is 1. The fourth-order valence-electron chi connectivity index (χ4n) is 7.32. The number of aromatic nitrogens is 1. The summed E-state index contributed by atoms with van der Waals surface area (Å²) in [7, 11) is 0. The number of hydrogen-bond acceptors (Lipinski definition) is 6. The van der Waals surface area contributed by atoms with Crippen LogP contribution in [0.25, 0.3) is 0 Å². The van der Waals surface area contributed by atoms with Gasteiger partial charge in [-0.1, -0.05) is 13.8 Å². The van der Waals surface area contributed by atoms with E-state index < -0.39 is 11.7 Å². The fraction of sp³-hybridized carbons (Fsp3) is 0.750. The zero-order chi connectivity index (χ0) is 25.4. The monoisotopic (exact) mass is 515 g/mol. The lowest BCUT2D eigenvalue weighted by molar-refractivity contribution is -0.184. The summed E-state index contributed by atoms with van der Waals surface area (Å²) in [6, 6.07) is 3.75. The van der Waals surface area contributed by atoms with E-state index in [1.807, 2.05) is 12.1 Å². The lowest BCUT2D eigenvalue weighted by Gasteiger charge is -2.58. The average Bonchev–Trinajstić information content (AvgIpc) is 2.81. The lowest BCUT2D eigenvalue weighted by Crippen LogP contribution is -2.66. The molecule has 1 aromatic rings. The second kappa shape index (κ2) is 10.5. The van der Waals surface area contributed by atoms with Crippen molar-refractivity contribution >= 4 is 29.5 Å². The molecule has 4 saturated carbocycles. The van der Waals surface area contributed by atoms with E-state index in [9.17, 15) is 19.8 Å². The van der Waals surface area contributed by atoms with Crippen LogP contribution in [0.2, 0.25) is 0 Å². The first-order valence-electron chi connectivity index (χ1n) is 13.9. The topological polar surface area (TPSA) is 103 Å². The Morgan fingerprint density at radius 3 is 2.50 bits per heavy atom. The minimum Gasteiger partial charge on any atom is -0.481 e. The number of pyridine rings is 1. The molecule has 3 N–H and O–H groups in total. The van der Waals surface area contributed by atoms with E-state index in [2.05, 4.69) is 24.1 Å². The third-order valence-electron chi connectivity index (χ3n) is 9.03. The van der Waals surface area contributed by atoms with Crippen LogP contribution >= 0.6 is 11.8 Å². The quantitative estimate of drug-likeness (QED) is 0.321. The molecule has 6 rings (SSSR count). The van der Waals surface area contributed by atoms with Crippen molar-refractivity contribution in [3.05, 3.63) is 17.7 Å². The number of carbonyl (C=O) groups excluding carboxylic acids is 1. The number of carboxylic acids is 1. The summed E-state index contributed by atoms with van der Waals surface area (Å²) in [5.41, 5.74) is -0.575. The Hall–Kier alpha value is -1.80. The molecule has 0 unspecified atom stereocenters. The highest BCUT2D eigenvalue weighted by molar-refractivity contribution is 7.99. The van der Waals surface area contributed by atoms with Crippen LogP contribution in [0.3, 0.4) is 0 Å². The highest BCUT2D eigenvalue weighted by Crippen LogP contribution is 2.57. The predicted octanol–water partition coefficient (Wildman–Crippen LogP) is 4.79. The molecule has 36 heavy (non-hydrogen) atoms. The smallest absolute Gasteiger partial charge is 0.303 e. The molecule has 4 aliphatic carbocycles. The summed E-state index contributed by atoms with van der Waals surface area (Å²) in [6.45, 7) is 5.90. The van der Waals surface area contributed by atoms with Gasteiger partial charge in [-0.2, -0.15) is 0 Å². The molecule has 0 radical (unpaired) electrons. The number of hydrogen-bond donors (Lipinski definition) is 3. The van der Waals surface area contributed by atoms with E-state index >= 15 is 0 Å². The number of anilines is 1. The van der Waals surface area contributed by atoms with Gasteiger partial charge in [0.05, 0.1) is 5.56 Å². The first kappa shape index (κ1) is 25.8. The van der Waals surface area contributed by atoms with Crippen molar-refractivity contribution in [1.82, 2.24) is 10.3 Å². The van der Waals surface area contributed by atoms with Gasteiger partial charge in [0.1, 0.15) is 16.6 Å². The number of aliphatic hydroxyl groups is 1. The molecule has 5 fully saturated rings. The van der Waals surface area contributed by atoms with Gasteiger partial charge >= 0.3 is 5.97 Å². The fourth-order valence-corrected chi connectivity index (χ4v) is 8.58. The number of amides is 1. The molecule has 0 spiro atoms. The van der Waals surface area contributed by atoms with Gasteiger partial charge < -0.3 is 20.4 Å². The Morgan fingerprint density at radius 2 is 1.86 bits per heavy atom. The molecule has 7 nitrogen and oxygen atoms in total. The number of nitrogens with one attached hydrogen (secondary N) is 1. The molecule has 1 aliphatic heterocycles. The van der Waals surface area contributed by atoms with Gasteiger partial charge in [-0.3, -0.25) is 9.59 Å². The molecule has 1 atom stereocenters. The van der Waals surface area contributed by atoms with Gasteiger partial charge in [0.2, 0.25) is 0 Å². The van der Waals surface area contributed by atoms with Crippen LogP contribution in [0, 0.1) is 35.5 Å². The van der Waals surface area contributed by atoms with E-state index in [1.165, 1.54) is 6.42 Å². The van der Waals surface area contributed by atoms with Crippen molar-refractivity contribution in [3.63, 3.8) is 0 Å². The summed E-state index contributed by atoms with van der Waals surface area (Å²) >= 11 is 1.61. The van der Waals surface area contributed by atoms with Crippen LogP contribution in [0.15, 0.2) is 17.2 Å². The molecular weight excluding hydrogens is 474 g/mol. The van der Waals surface area contributed by atoms with Crippen molar-refractivity contribution < 1.29 is 19.8 Å². The van der Waals surface area contributed by atoms with Crippen molar-refractivity contribution in [2.45, 2.75) is 82.4 Å². The van der Waals surface area contributed by atoms with Gasteiger partial charge in [-0.05, 0) is 92.9 Å². The molecule has 0 aromatic carbocycles. The SMILES string of the molecule is CC(C)CCSc1nc(N2CCC[C@@H](CC(=O)O)C2)ccc1C(=O)NC1(O)C2CC3CC(C2)CC1C3. The third-order valence-corrected chi connectivity index (χ3v) is 10.1. The summed E-state index contributed by atoms with van der Waals surface area (Å²) < 4.78 is 0. The highest BCUT2D eigenvalue weighted by atomic mass is 32.2. The van der Waals surface area contributed by atoms with Crippen LogP contribution in [-0.4, -0.2) is 51.6 Å². The van der Waals surface area contributed by atoms with Crippen LogP contribution in [0.1, 0.15) is 82.0 Å². The number of aliphatic carboxylic acids is 1. The molecule has 8 heteroatoms. The maximum atomic E-state index is 13.6. The predicted molar refractivity (Wildman–Crippen MR) is 141 cm³/mol. The number of piperidine rings is 1. The van der Waals surface area contributed by atoms with Crippen molar-refractivity contribution in [3.8, 4) is 0 Å². The minimum absolute atomic E-state index is 0.115. The first-order valence-corrected chi connectivity index (χ1v) is 14.8. The number of nitrogens with zero attached hydrogens (tertiary/aromatic N) is 2. The molecule has 1 amide bonds. The third kappa shape index (κ3) is 5.40. The molecule has 198 valence electrons. The number of carboxylic acid groups (broad SMARTS) is 1. The first-order chi connectivity index (χ1) is 17.2. The zero-order valence-corrected chi connectivity index (χ0v) is 22.4. The van der Waals surface area contributed by atoms with Gasteiger partial charge in [0, 0.05) is 31.3 Å². The average molecular weight is 516 g/mol. The van der Waals surface area contributed by atoms with Gasteiger partial charge in [-0.15, -0.1) is 11.8 Å². The maximum absolute atomic E-state index is 13.6. The van der Waals surface area contributed by atoms with E-state index in [0.29, 0.717) is 34.9 Å². The van der Waals surface area contributed by atoms with Gasteiger partial charge in [0.25, 0.3) is 5.91 Å². The molecule has 5 aliphatic rings. The summed E-state index contributed by atoms with van der Waals surface area (Å²) in [5, 5.41) is 24.8. The summed E-state index contributed by atoms with van der Waals surface area (Å²) in [5.74, 6) is 3.10. The molecule has 4 bridgehead atoms. The standard InChI is InChI=1S/C28H41N3O4S/c1-17(2)7-9-36-27-23(5-6-24(29-27)31-8-3-4-18(16-31)15-25(32)33)26(34)30-28(35)21-11-19-10-20(13-21)14-22(28)12-19/h5-6,17-22,35H,3-4,7-16H2,1-2H3,(H,30,34)(H,32,33)/t18-,19?,20?,21?,22?,28?/m0/s1. The maximum Gasteiger partial charge on any atom is 0.303 e. The largest absolute Gasteiger partial charge is 0.481 e. The van der Waals surface area contributed by atoms with E-state index in [0.717, 1.165) is 63.1 Å². The molecule has 1 saturated heterocycles. The second-order valence-electron chi connectivity index (χ2n) is 12.2. The van der Waals surface area contributed by atoms with Crippen LogP contribution in [0.4, 0.5) is 5.82 Å². The van der Waals surface area contributed by atoms with Gasteiger partial charge in [-0.25, -0.2) is 4.98 Å². The zero-order valence-electron chi connectivity index (χ0n) is 21.6. The normalized spacial score (nSPS) is 33.2. The Labute approximate surface area is 218 Å². The Morgan fingerprint density at radius 1 is 1.17 bits per heavy atom. The van der Waals surface area contributed by atoms with Crippen molar-refractivity contribution in [2.75, 3.05) is 23.7 Å². The Balaban J connectivity index is 1.35. The van der Waals surface area contributed by atoms with Crippen molar-refractivity contribution in [2.24, 2.45) is 35.5 Å². The van der Waals surface area contributed by atoms with Gasteiger partial charge in [0.15, 0.2) is 0 Å². The van der Waals surface area contributed by atoms with E-state index in [4.69, 9.17) is 4.98 Å². The van der Waals surface area contributed by atoms with E-state index in [1.54, 1.807) is 11.8 Å². The highest BCUT2D eigenvalue weighted by Gasteiger charge is 2.57. The second-order valence-corrected chi connectivity index (χ2v) is 13.3. The minimum atomic E-state index is -1.11. The number of rotatable bonds is 9. The van der Waals surface area contributed by atoms with Crippen molar-refractivity contribution in [1.29, 1.82) is 0 Å². The van der Waals surface area contributed by atoms with E-state index in [-0.39, 0.29) is 30.1 Å². The summed E-state index contributed by atoms with van der Waals surface area (Å²) in [4.78, 5) is 32.0.